The monoisotopic (exact) mass is 268 g/mol. The predicted molar refractivity (Wildman–Crippen MR) is 64.9 cm³/mol. The Bertz CT molecular complexity index is 463. The Morgan fingerprint density at radius 2 is 2.11 bits per heavy atom. The number of nitrogens with zero attached hydrogens (tertiary/aromatic N) is 3. The van der Waals surface area contributed by atoms with E-state index in [1.165, 1.54) is 17.3 Å². The lowest BCUT2D eigenvalue weighted by Crippen LogP contribution is -2.50. The van der Waals surface area contributed by atoms with Gasteiger partial charge in [-0.15, -0.1) is 0 Å². The second kappa shape index (κ2) is 5.30. The van der Waals surface area contributed by atoms with Crippen LogP contribution in [0.4, 0.5) is 0 Å². The van der Waals surface area contributed by atoms with E-state index in [0.29, 0.717) is 13.0 Å². The Morgan fingerprint density at radius 3 is 2.72 bits per heavy atom. The molecule has 7 heteroatoms. The summed E-state index contributed by atoms with van der Waals surface area (Å²) in [6.07, 6.45) is 4.96. The molecule has 2 amide bonds. The van der Waals surface area contributed by atoms with Gasteiger partial charge in [0, 0.05) is 6.54 Å². The minimum absolute atomic E-state index is 0.174. The smallest absolute Gasteiger partial charge is 0.274 e. The van der Waals surface area contributed by atoms with E-state index in [9.17, 15) is 9.59 Å². The number of likely N-dealkylation sites (tertiary alicyclic amines) is 1. The number of aromatic nitrogens is 2. The maximum absolute atomic E-state index is 12.2. The molecule has 1 fully saturated rings. The minimum Gasteiger partial charge on any atom is -0.368 e. The molecule has 0 radical (unpaired) electrons. The molecule has 6 nitrogen and oxygen atoms in total. The molecule has 2 rings (SSSR count). The number of rotatable bonds is 2. The van der Waals surface area contributed by atoms with Crippen LogP contribution in [-0.2, 0) is 4.79 Å². The fourth-order valence-corrected chi connectivity index (χ4v) is 2.14. The molecule has 0 saturated carbocycles. The molecule has 1 aliphatic rings. The molecule has 1 saturated heterocycles. The van der Waals surface area contributed by atoms with Crippen molar-refractivity contribution in [1.82, 2.24) is 14.9 Å². The molecule has 0 spiro atoms. The van der Waals surface area contributed by atoms with E-state index in [1.807, 2.05) is 0 Å². The zero-order chi connectivity index (χ0) is 13.1. The van der Waals surface area contributed by atoms with Crippen LogP contribution in [0.1, 0.15) is 29.8 Å². The molecular formula is C11H13ClN4O2. The van der Waals surface area contributed by atoms with E-state index in [1.54, 1.807) is 0 Å². The summed E-state index contributed by atoms with van der Waals surface area (Å²) in [5, 5.41) is 0.219. The van der Waals surface area contributed by atoms with Gasteiger partial charge >= 0.3 is 0 Å². The van der Waals surface area contributed by atoms with E-state index >= 15 is 0 Å². The fourth-order valence-electron chi connectivity index (χ4n) is 2.04. The number of hydrogen-bond acceptors (Lipinski definition) is 4. The van der Waals surface area contributed by atoms with Crippen LogP contribution in [0.15, 0.2) is 12.4 Å². The molecule has 2 N–H and O–H groups in total. The van der Waals surface area contributed by atoms with Gasteiger partial charge in [0.2, 0.25) is 5.91 Å². The van der Waals surface area contributed by atoms with E-state index in [2.05, 4.69) is 9.97 Å². The second-order valence-electron chi connectivity index (χ2n) is 4.14. The minimum atomic E-state index is -0.552. The summed E-state index contributed by atoms with van der Waals surface area (Å²) < 4.78 is 0. The molecule has 96 valence electrons. The summed E-state index contributed by atoms with van der Waals surface area (Å²) in [4.78, 5) is 32.7. The van der Waals surface area contributed by atoms with Crippen LogP contribution in [0.3, 0.4) is 0 Å². The van der Waals surface area contributed by atoms with Crippen LogP contribution in [0.5, 0.6) is 0 Å². The third kappa shape index (κ3) is 2.59. The Kier molecular flexibility index (Phi) is 3.76. The average Bonchev–Trinajstić information content (AvgIpc) is 2.39. The van der Waals surface area contributed by atoms with Gasteiger partial charge in [-0.3, -0.25) is 9.59 Å². The molecule has 1 aromatic rings. The molecule has 2 heterocycles. The molecule has 18 heavy (non-hydrogen) atoms. The fraction of sp³-hybridized carbons (Fsp3) is 0.455. The van der Waals surface area contributed by atoms with Crippen LogP contribution < -0.4 is 5.73 Å². The average molecular weight is 269 g/mol. The SMILES string of the molecule is NC(=O)C1CCCCN1C(=O)c1cnc(Cl)cn1. The summed E-state index contributed by atoms with van der Waals surface area (Å²) in [7, 11) is 0. The second-order valence-corrected chi connectivity index (χ2v) is 4.52. The standard InChI is InChI=1S/C11H13ClN4O2/c12-9-6-14-7(5-15-9)11(18)16-4-2-1-3-8(16)10(13)17/h5-6,8H,1-4H2,(H2,13,17). The molecule has 1 atom stereocenters. The molecule has 1 aromatic heterocycles. The predicted octanol–water partition coefficient (Wildman–Crippen LogP) is 0.610. The highest BCUT2D eigenvalue weighted by molar-refractivity contribution is 6.29. The number of carbonyl (C=O) groups is 2. The van der Waals surface area contributed by atoms with Crippen molar-refractivity contribution in [1.29, 1.82) is 0 Å². The van der Waals surface area contributed by atoms with Crippen molar-refractivity contribution < 1.29 is 9.59 Å². The van der Waals surface area contributed by atoms with Gasteiger partial charge in [0.25, 0.3) is 5.91 Å². The van der Waals surface area contributed by atoms with Crippen molar-refractivity contribution in [2.45, 2.75) is 25.3 Å². The molecule has 1 aliphatic heterocycles. The Balaban J connectivity index is 2.20. The molecule has 0 aromatic carbocycles. The lowest BCUT2D eigenvalue weighted by molar-refractivity contribution is -0.123. The third-order valence-corrected chi connectivity index (χ3v) is 3.13. The van der Waals surface area contributed by atoms with E-state index in [4.69, 9.17) is 17.3 Å². The van der Waals surface area contributed by atoms with Crippen molar-refractivity contribution >= 4 is 23.4 Å². The lowest BCUT2D eigenvalue weighted by Gasteiger charge is -2.33. The highest BCUT2D eigenvalue weighted by atomic mass is 35.5. The molecule has 0 aliphatic carbocycles. The highest BCUT2D eigenvalue weighted by Crippen LogP contribution is 2.18. The number of piperidine rings is 1. The normalized spacial score (nSPS) is 19.6. The first-order chi connectivity index (χ1) is 8.59. The van der Waals surface area contributed by atoms with Crippen LogP contribution in [0.25, 0.3) is 0 Å². The quantitative estimate of drug-likeness (QED) is 0.851. The summed E-state index contributed by atoms with van der Waals surface area (Å²) in [5.41, 5.74) is 5.48. The van der Waals surface area contributed by atoms with E-state index in [-0.39, 0.29) is 16.8 Å². The van der Waals surface area contributed by atoms with Gasteiger partial charge < -0.3 is 10.6 Å². The van der Waals surface area contributed by atoms with Gasteiger partial charge in [0.15, 0.2) is 0 Å². The van der Waals surface area contributed by atoms with Crippen molar-refractivity contribution in [3.05, 3.63) is 23.2 Å². The van der Waals surface area contributed by atoms with Crippen LogP contribution in [0.2, 0.25) is 5.15 Å². The van der Waals surface area contributed by atoms with Gasteiger partial charge in [0.1, 0.15) is 16.9 Å². The van der Waals surface area contributed by atoms with Gasteiger partial charge in [0.05, 0.1) is 12.4 Å². The van der Waals surface area contributed by atoms with Crippen molar-refractivity contribution in [2.75, 3.05) is 6.54 Å². The first-order valence-corrected chi connectivity index (χ1v) is 6.05. The van der Waals surface area contributed by atoms with Crippen molar-refractivity contribution in [3.63, 3.8) is 0 Å². The summed E-state index contributed by atoms with van der Waals surface area (Å²) in [6, 6.07) is -0.552. The van der Waals surface area contributed by atoms with Gasteiger partial charge in [-0.25, -0.2) is 9.97 Å². The van der Waals surface area contributed by atoms with Crippen LogP contribution >= 0.6 is 11.6 Å². The first-order valence-electron chi connectivity index (χ1n) is 5.67. The zero-order valence-corrected chi connectivity index (χ0v) is 10.4. The third-order valence-electron chi connectivity index (χ3n) is 2.93. The lowest BCUT2D eigenvalue weighted by atomic mass is 10.0. The molecule has 0 bridgehead atoms. The van der Waals surface area contributed by atoms with Crippen molar-refractivity contribution in [2.24, 2.45) is 5.73 Å². The number of carbonyl (C=O) groups excluding carboxylic acids is 2. The van der Waals surface area contributed by atoms with E-state index < -0.39 is 11.9 Å². The van der Waals surface area contributed by atoms with Gasteiger partial charge in [-0.05, 0) is 19.3 Å². The summed E-state index contributed by atoms with van der Waals surface area (Å²) in [6.45, 7) is 0.511. The Labute approximate surface area is 109 Å². The number of primary amides is 1. The van der Waals surface area contributed by atoms with Crippen LogP contribution in [-0.4, -0.2) is 39.3 Å². The van der Waals surface area contributed by atoms with Crippen LogP contribution in [0, 0.1) is 0 Å². The molecular weight excluding hydrogens is 256 g/mol. The first kappa shape index (κ1) is 12.8. The molecule has 1 unspecified atom stereocenters. The largest absolute Gasteiger partial charge is 0.368 e. The van der Waals surface area contributed by atoms with E-state index in [0.717, 1.165) is 12.8 Å². The topological polar surface area (TPSA) is 89.2 Å². The van der Waals surface area contributed by atoms with Gasteiger partial charge in [-0.2, -0.15) is 0 Å². The number of nitrogens with two attached hydrogens (primary N) is 1. The number of halogens is 1. The number of hydrogen-bond donors (Lipinski definition) is 1. The van der Waals surface area contributed by atoms with Gasteiger partial charge in [-0.1, -0.05) is 11.6 Å². The summed E-state index contributed by atoms with van der Waals surface area (Å²) in [5.74, 6) is -0.812. The Morgan fingerprint density at radius 1 is 1.33 bits per heavy atom. The maximum atomic E-state index is 12.2. The Hall–Kier alpha value is -1.69. The number of amides is 2. The van der Waals surface area contributed by atoms with Crippen molar-refractivity contribution in [3.8, 4) is 0 Å². The highest BCUT2D eigenvalue weighted by Gasteiger charge is 2.31. The maximum Gasteiger partial charge on any atom is 0.274 e. The zero-order valence-electron chi connectivity index (χ0n) is 9.67. The summed E-state index contributed by atoms with van der Waals surface area (Å²) >= 11 is 5.61.